The Morgan fingerprint density at radius 1 is 0.909 bits per heavy atom. The van der Waals surface area contributed by atoms with Crippen LogP contribution >= 0.6 is 0 Å². The summed E-state index contributed by atoms with van der Waals surface area (Å²) in [6.07, 6.45) is 1.74. The van der Waals surface area contributed by atoms with Gasteiger partial charge in [-0.15, -0.1) is 0 Å². The Bertz CT molecular complexity index is 1260. The van der Waals surface area contributed by atoms with Crippen LogP contribution in [0, 0.1) is 0 Å². The van der Waals surface area contributed by atoms with Crippen molar-refractivity contribution in [1.82, 2.24) is 0 Å². The molecule has 3 aromatic rings. The van der Waals surface area contributed by atoms with Gasteiger partial charge in [0.15, 0.2) is 11.5 Å². The van der Waals surface area contributed by atoms with Gasteiger partial charge in [0.2, 0.25) is 0 Å². The minimum absolute atomic E-state index is 0.216. The fourth-order valence-electron chi connectivity index (χ4n) is 3.36. The summed E-state index contributed by atoms with van der Waals surface area (Å²) < 4.78 is 16.1. The highest BCUT2D eigenvalue weighted by Crippen LogP contribution is 2.31. The Kier molecular flexibility index (Phi) is 6.22. The smallest absolute Gasteiger partial charge is 0.343 e. The van der Waals surface area contributed by atoms with Gasteiger partial charge >= 0.3 is 5.97 Å². The molecule has 0 aromatic heterocycles. The van der Waals surface area contributed by atoms with Crippen molar-refractivity contribution in [3.63, 3.8) is 0 Å². The summed E-state index contributed by atoms with van der Waals surface area (Å²) in [5.74, 6) is 0.431. The van der Waals surface area contributed by atoms with Gasteiger partial charge in [0.05, 0.1) is 36.8 Å². The molecular formula is C26H22N2O5. The molecule has 4 rings (SSSR count). The highest BCUT2D eigenvalue weighted by Gasteiger charge is 2.28. The van der Waals surface area contributed by atoms with Gasteiger partial charge in [0.25, 0.3) is 5.91 Å². The van der Waals surface area contributed by atoms with E-state index in [2.05, 4.69) is 5.10 Å². The standard InChI is InChI=1S/C26H22N2O5/c1-17-22(25(29)28(27-17)20-9-5-4-6-10-20)14-18-12-13-23(24(15-18)32-3)33-26(30)19-8-7-11-21(16-19)31-2/h4-16H,1-3H3. The molecule has 7 nitrogen and oxygen atoms in total. The second kappa shape index (κ2) is 9.40. The fraction of sp³-hybridized carbons (Fsp3) is 0.115. The number of rotatable bonds is 6. The third kappa shape index (κ3) is 4.62. The van der Waals surface area contributed by atoms with Gasteiger partial charge in [0, 0.05) is 0 Å². The second-order valence-electron chi connectivity index (χ2n) is 7.23. The molecule has 0 saturated heterocycles. The molecule has 1 heterocycles. The maximum atomic E-state index is 12.9. The third-order valence-corrected chi connectivity index (χ3v) is 5.07. The summed E-state index contributed by atoms with van der Waals surface area (Å²) in [5, 5.41) is 5.76. The monoisotopic (exact) mass is 442 g/mol. The fourth-order valence-corrected chi connectivity index (χ4v) is 3.36. The average molecular weight is 442 g/mol. The predicted octanol–water partition coefficient (Wildman–Crippen LogP) is 4.73. The molecule has 33 heavy (non-hydrogen) atoms. The van der Waals surface area contributed by atoms with E-state index in [1.165, 1.54) is 19.2 Å². The molecule has 1 aliphatic rings. The summed E-state index contributed by atoms with van der Waals surface area (Å²) in [4.78, 5) is 25.5. The van der Waals surface area contributed by atoms with E-state index < -0.39 is 5.97 Å². The van der Waals surface area contributed by atoms with Gasteiger partial charge in [-0.2, -0.15) is 10.1 Å². The van der Waals surface area contributed by atoms with Crippen molar-refractivity contribution in [2.45, 2.75) is 6.92 Å². The zero-order valence-corrected chi connectivity index (χ0v) is 18.4. The van der Waals surface area contributed by atoms with E-state index in [1.807, 2.05) is 30.3 Å². The zero-order valence-electron chi connectivity index (χ0n) is 18.4. The number of hydrogen-bond acceptors (Lipinski definition) is 6. The summed E-state index contributed by atoms with van der Waals surface area (Å²) in [6, 6.07) is 21.0. The minimum Gasteiger partial charge on any atom is -0.497 e. The Balaban J connectivity index is 1.57. The lowest BCUT2D eigenvalue weighted by Crippen LogP contribution is -2.21. The summed E-state index contributed by atoms with van der Waals surface area (Å²) >= 11 is 0. The number of ether oxygens (including phenoxy) is 3. The van der Waals surface area contributed by atoms with E-state index in [0.717, 1.165) is 0 Å². The Labute approximate surface area is 191 Å². The van der Waals surface area contributed by atoms with Crippen LogP contribution in [0.2, 0.25) is 0 Å². The lowest BCUT2D eigenvalue weighted by atomic mass is 10.1. The van der Waals surface area contributed by atoms with Gasteiger partial charge < -0.3 is 14.2 Å². The van der Waals surface area contributed by atoms with Crippen molar-refractivity contribution in [3.05, 3.63) is 89.5 Å². The van der Waals surface area contributed by atoms with Crippen molar-refractivity contribution >= 4 is 29.4 Å². The van der Waals surface area contributed by atoms with Crippen LogP contribution in [0.25, 0.3) is 6.08 Å². The van der Waals surface area contributed by atoms with Crippen LogP contribution in [0.15, 0.2) is 83.5 Å². The van der Waals surface area contributed by atoms with Crippen molar-refractivity contribution < 1.29 is 23.8 Å². The molecule has 0 aliphatic carbocycles. The number of methoxy groups -OCH3 is 2. The van der Waals surface area contributed by atoms with E-state index >= 15 is 0 Å². The van der Waals surface area contributed by atoms with Crippen LogP contribution < -0.4 is 19.2 Å². The molecule has 0 radical (unpaired) electrons. The molecule has 0 spiro atoms. The Morgan fingerprint density at radius 3 is 2.42 bits per heavy atom. The quantitative estimate of drug-likeness (QED) is 0.313. The first-order valence-electron chi connectivity index (χ1n) is 10.2. The maximum Gasteiger partial charge on any atom is 0.343 e. The number of amides is 1. The second-order valence-corrected chi connectivity index (χ2v) is 7.23. The van der Waals surface area contributed by atoms with Crippen LogP contribution in [0.3, 0.4) is 0 Å². The van der Waals surface area contributed by atoms with Crippen LogP contribution in [-0.2, 0) is 4.79 Å². The number of benzene rings is 3. The lowest BCUT2D eigenvalue weighted by Gasteiger charge is -2.12. The molecule has 3 aromatic carbocycles. The van der Waals surface area contributed by atoms with Gasteiger partial charge in [-0.1, -0.05) is 30.3 Å². The first-order valence-corrected chi connectivity index (χ1v) is 10.2. The first kappa shape index (κ1) is 21.8. The highest BCUT2D eigenvalue weighted by molar-refractivity contribution is 6.32. The lowest BCUT2D eigenvalue weighted by molar-refractivity contribution is -0.114. The number of anilines is 1. The molecule has 166 valence electrons. The van der Waals surface area contributed by atoms with Crippen molar-refractivity contribution in [2.75, 3.05) is 19.2 Å². The predicted molar refractivity (Wildman–Crippen MR) is 126 cm³/mol. The molecule has 0 atom stereocenters. The summed E-state index contributed by atoms with van der Waals surface area (Å²) in [5.41, 5.74) is 2.84. The Morgan fingerprint density at radius 2 is 1.70 bits per heavy atom. The van der Waals surface area contributed by atoms with Crippen LogP contribution in [0.1, 0.15) is 22.8 Å². The largest absolute Gasteiger partial charge is 0.497 e. The number of para-hydroxylation sites is 1. The topological polar surface area (TPSA) is 77.4 Å². The highest BCUT2D eigenvalue weighted by atomic mass is 16.6. The van der Waals surface area contributed by atoms with Gasteiger partial charge in [-0.3, -0.25) is 4.79 Å². The van der Waals surface area contributed by atoms with E-state index in [0.29, 0.717) is 39.6 Å². The van der Waals surface area contributed by atoms with E-state index in [4.69, 9.17) is 14.2 Å². The Hall–Kier alpha value is -4.39. The zero-order chi connectivity index (χ0) is 23.4. The van der Waals surface area contributed by atoms with Crippen LogP contribution in [0.4, 0.5) is 5.69 Å². The number of carbonyl (C=O) groups is 2. The minimum atomic E-state index is -0.536. The third-order valence-electron chi connectivity index (χ3n) is 5.07. The average Bonchev–Trinajstić information content (AvgIpc) is 3.13. The number of carbonyl (C=O) groups excluding carboxylic acids is 2. The molecule has 7 heteroatoms. The van der Waals surface area contributed by atoms with E-state index in [9.17, 15) is 9.59 Å². The molecular weight excluding hydrogens is 420 g/mol. The number of hydrogen-bond donors (Lipinski definition) is 0. The first-order chi connectivity index (χ1) is 16.0. The normalized spacial score (nSPS) is 14.3. The number of nitrogens with zero attached hydrogens (tertiary/aromatic N) is 2. The van der Waals surface area contributed by atoms with Crippen molar-refractivity contribution in [2.24, 2.45) is 5.10 Å². The van der Waals surface area contributed by atoms with E-state index in [1.54, 1.807) is 55.5 Å². The molecule has 0 bridgehead atoms. The maximum absolute atomic E-state index is 12.9. The van der Waals surface area contributed by atoms with Crippen LogP contribution in [0.5, 0.6) is 17.2 Å². The molecule has 0 unspecified atom stereocenters. The van der Waals surface area contributed by atoms with Gasteiger partial charge in [-0.05, 0) is 61.0 Å². The van der Waals surface area contributed by atoms with Gasteiger partial charge in [0.1, 0.15) is 5.75 Å². The van der Waals surface area contributed by atoms with Crippen molar-refractivity contribution in [3.8, 4) is 17.2 Å². The van der Waals surface area contributed by atoms with Crippen molar-refractivity contribution in [1.29, 1.82) is 0 Å². The summed E-state index contributed by atoms with van der Waals surface area (Å²) in [6.45, 7) is 1.79. The SMILES string of the molecule is COc1cccc(C(=O)Oc2ccc(C=C3C(=O)N(c4ccccc4)N=C3C)cc2OC)c1. The molecule has 0 N–H and O–H groups in total. The van der Waals surface area contributed by atoms with Gasteiger partial charge in [-0.25, -0.2) is 4.79 Å². The number of esters is 1. The molecule has 0 fully saturated rings. The molecule has 1 amide bonds. The summed E-state index contributed by atoms with van der Waals surface area (Å²) in [7, 11) is 3.01. The van der Waals surface area contributed by atoms with Crippen LogP contribution in [-0.4, -0.2) is 31.8 Å². The molecule has 1 aliphatic heterocycles. The number of hydrazone groups is 1. The van der Waals surface area contributed by atoms with E-state index in [-0.39, 0.29) is 11.7 Å². The molecule has 0 saturated carbocycles.